The lowest BCUT2D eigenvalue weighted by atomic mass is 10.0. The number of rotatable bonds is 7. The highest BCUT2D eigenvalue weighted by Gasteiger charge is 2.28. The number of fused-ring (bicyclic) bond motifs is 1. The Bertz CT molecular complexity index is 1120. The van der Waals surface area contributed by atoms with E-state index in [4.69, 9.17) is 9.72 Å². The van der Waals surface area contributed by atoms with Crippen LogP contribution < -0.4 is 15.0 Å². The van der Waals surface area contributed by atoms with Crippen molar-refractivity contribution in [2.45, 2.75) is 39.5 Å². The van der Waals surface area contributed by atoms with E-state index < -0.39 is 0 Å². The fourth-order valence-electron chi connectivity index (χ4n) is 3.60. The lowest BCUT2D eigenvalue weighted by molar-refractivity contribution is -0.123. The molecule has 0 fully saturated rings. The van der Waals surface area contributed by atoms with E-state index in [0.717, 1.165) is 29.1 Å². The van der Waals surface area contributed by atoms with Gasteiger partial charge in [0.15, 0.2) is 6.61 Å². The molecule has 0 aliphatic carbocycles. The van der Waals surface area contributed by atoms with E-state index in [-0.39, 0.29) is 25.0 Å². The molecular formula is C25H27N3O3S. The lowest BCUT2D eigenvalue weighted by Gasteiger charge is -2.29. The van der Waals surface area contributed by atoms with Gasteiger partial charge in [0.1, 0.15) is 12.3 Å². The first-order chi connectivity index (χ1) is 15.4. The molecule has 2 aromatic carbocycles. The predicted molar refractivity (Wildman–Crippen MR) is 129 cm³/mol. The van der Waals surface area contributed by atoms with Crippen LogP contribution in [0.3, 0.4) is 0 Å². The van der Waals surface area contributed by atoms with Crippen LogP contribution in [0.25, 0.3) is 11.3 Å². The minimum Gasteiger partial charge on any atom is -0.482 e. The van der Waals surface area contributed by atoms with Crippen molar-refractivity contribution in [3.05, 3.63) is 58.4 Å². The van der Waals surface area contributed by atoms with Gasteiger partial charge in [-0.1, -0.05) is 32.9 Å². The largest absolute Gasteiger partial charge is 0.482 e. The van der Waals surface area contributed by atoms with E-state index in [2.05, 4.69) is 26.1 Å². The van der Waals surface area contributed by atoms with Crippen LogP contribution in [0.1, 0.15) is 43.7 Å². The van der Waals surface area contributed by atoms with E-state index in [1.165, 1.54) is 10.5 Å². The smallest absolute Gasteiger partial charge is 0.265 e. The fourth-order valence-corrected chi connectivity index (χ4v) is 4.51. The van der Waals surface area contributed by atoms with Crippen molar-refractivity contribution in [2.75, 3.05) is 23.4 Å². The highest BCUT2D eigenvalue weighted by molar-refractivity contribution is 7.09. The number of ether oxygens (including phenoxy) is 1. The van der Waals surface area contributed by atoms with Gasteiger partial charge in [0, 0.05) is 16.6 Å². The normalized spacial score (nSPS) is 13.1. The zero-order chi connectivity index (χ0) is 22.7. The van der Waals surface area contributed by atoms with Gasteiger partial charge in [0.05, 0.1) is 16.4 Å². The predicted octanol–water partition coefficient (Wildman–Crippen LogP) is 5.25. The third-order valence-corrected chi connectivity index (χ3v) is 6.28. The highest BCUT2D eigenvalue weighted by Crippen LogP contribution is 2.36. The molecule has 7 heteroatoms. The van der Waals surface area contributed by atoms with Crippen LogP contribution in [0.2, 0.25) is 0 Å². The molecule has 0 saturated heterocycles. The monoisotopic (exact) mass is 449 g/mol. The summed E-state index contributed by atoms with van der Waals surface area (Å²) in [5, 5.41) is 6.00. The molecule has 4 rings (SSSR count). The number of aryl methyl sites for hydroxylation is 1. The molecule has 166 valence electrons. The van der Waals surface area contributed by atoms with Crippen molar-refractivity contribution in [2.24, 2.45) is 0 Å². The van der Waals surface area contributed by atoms with Crippen molar-refractivity contribution < 1.29 is 14.3 Å². The lowest BCUT2D eigenvalue weighted by Crippen LogP contribution is -2.43. The molecule has 1 aliphatic rings. The number of carbonyl (C=O) groups excluding carboxylic acids is 2. The van der Waals surface area contributed by atoms with E-state index >= 15 is 0 Å². The molecule has 2 heterocycles. The van der Waals surface area contributed by atoms with Crippen LogP contribution in [-0.2, 0) is 16.0 Å². The van der Waals surface area contributed by atoms with Gasteiger partial charge in [-0.05, 0) is 54.7 Å². The number of anilines is 2. The number of nitrogens with one attached hydrogen (secondary N) is 1. The maximum absolute atomic E-state index is 12.7. The number of hydrogen-bond donors (Lipinski definition) is 1. The van der Waals surface area contributed by atoms with Crippen LogP contribution in [-0.4, -0.2) is 29.9 Å². The Morgan fingerprint density at radius 2 is 2.00 bits per heavy atom. The van der Waals surface area contributed by atoms with E-state index in [0.29, 0.717) is 23.0 Å². The van der Waals surface area contributed by atoms with Gasteiger partial charge in [-0.3, -0.25) is 14.5 Å². The summed E-state index contributed by atoms with van der Waals surface area (Å²) in [7, 11) is 0. The van der Waals surface area contributed by atoms with Crippen molar-refractivity contribution in [1.29, 1.82) is 0 Å². The molecule has 0 bridgehead atoms. The number of thiazole rings is 1. The quantitative estimate of drug-likeness (QED) is 0.535. The van der Waals surface area contributed by atoms with Crippen molar-refractivity contribution in [1.82, 2.24) is 4.98 Å². The number of aromatic nitrogens is 1. The SMILES string of the molecule is CCCc1nc(-c2ccc3c(c2)N(CC(=O)Nc2ccc(C(C)C)cc2)C(=O)CO3)cs1. The molecule has 0 unspecified atom stereocenters. The van der Waals surface area contributed by atoms with Crippen LogP contribution in [0.5, 0.6) is 5.75 Å². The van der Waals surface area contributed by atoms with Gasteiger partial charge in [0.25, 0.3) is 5.91 Å². The van der Waals surface area contributed by atoms with Gasteiger partial charge in [-0.15, -0.1) is 11.3 Å². The van der Waals surface area contributed by atoms with Crippen LogP contribution in [0.4, 0.5) is 11.4 Å². The molecule has 2 amide bonds. The fraction of sp³-hybridized carbons (Fsp3) is 0.320. The van der Waals surface area contributed by atoms with Crippen molar-refractivity contribution in [3.8, 4) is 17.0 Å². The molecule has 0 atom stereocenters. The van der Waals surface area contributed by atoms with Gasteiger partial charge in [-0.25, -0.2) is 4.98 Å². The van der Waals surface area contributed by atoms with E-state index in [9.17, 15) is 9.59 Å². The summed E-state index contributed by atoms with van der Waals surface area (Å²) >= 11 is 1.64. The summed E-state index contributed by atoms with van der Waals surface area (Å²) in [5.74, 6) is 0.510. The summed E-state index contributed by atoms with van der Waals surface area (Å²) in [5.41, 5.74) is 4.27. The number of carbonyl (C=O) groups is 2. The Labute approximate surface area is 192 Å². The Morgan fingerprint density at radius 3 is 2.72 bits per heavy atom. The molecule has 1 aliphatic heterocycles. The summed E-state index contributed by atoms with van der Waals surface area (Å²) in [4.78, 5) is 31.5. The minimum absolute atomic E-state index is 0.0806. The van der Waals surface area contributed by atoms with E-state index in [1.54, 1.807) is 11.3 Å². The number of nitrogens with zero attached hydrogens (tertiary/aromatic N) is 2. The molecule has 32 heavy (non-hydrogen) atoms. The van der Waals surface area contributed by atoms with E-state index in [1.807, 2.05) is 47.8 Å². The second-order valence-electron chi connectivity index (χ2n) is 8.15. The molecule has 1 N–H and O–H groups in total. The third kappa shape index (κ3) is 4.83. The van der Waals surface area contributed by atoms with Crippen LogP contribution >= 0.6 is 11.3 Å². The maximum Gasteiger partial charge on any atom is 0.265 e. The van der Waals surface area contributed by atoms with Crippen LogP contribution in [0, 0.1) is 0 Å². The number of amides is 2. The Morgan fingerprint density at radius 1 is 1.22 bits per heavy atom. The maximum atomic E-state index is 12.7. The highest BCUT2D eigenvalue weighted by atomic mass is 32.1. The summed E-state index contributed by atoms with van der Waals surface area (Å²) in [6.45, 7) is 6.21. The molecule has 3 aromatic rings. The average Bonchev–Trinajstić information content (AvgIpc) is 3.25. The Hall–Kier alpha value is -3.19. The van der Waals surface area contributed by atoms with Gasteiger partial charge >= 0.3 is 0 Å². The minimum atomic E-state index is -0.257. The molecule has 1 aromatic heterocycles. The average molecular weight is 450 g/mol. The number of hydrogen-bond acceptors (Lipinski definition) is 5. The van der Waals surface area contributed by atoms with Crippen molar-refractivity contribution >= 4 is 34.5 Å². The zero-order valence-corrected chi connectivity index (χ0v) is 19.4. The molecule has 0 radical (unpaired) electrons. The van der Waals surface area contributed by atoms with Crippen LogP contribution in [0.15, 0.2) is 47.8 Å². The van der Waals surface area contributed by atoms with Gasteiger partial charge < -0.3 is 10.1 Å². The second kappa shape index (κ2) is 9.53. The zero-order valence-electron chi connectivity index (χ0n) is 18.6. The summed E-state index contributed by atoms with van der Waals surface area (Å²) in [6.07, 6.45) is 1.99. The second-order valence-corrected chi connectivity index (χ2v) is 9.10. The first-order valence-electron chi connectivity index (χ1n) is 10.9. The standard InChI is InChI=1S/C25H27N3O3S/c1-4-5-24-27-20(15-32-24)18-8-11-22-21(12-18)28(25(30)14-31-22)13-23(29)26-19-9-6-17(7-10-19)16(2)3/h6-12,15-16H,4-5,13-14H2,1-3H3,(H,26,29). The first kappa shape index (κ1) is 22.0. The van der Waals surface area contributed by atoms with Crippen molar-refractivity contribution in [3.63, 3.8) is 0 Å². The first-order valence-corrected chi connectivity index (χ1v) is 11.7. The molecular weight excluding hydrogens is 422 g/mol. The number of benzene rings is 2. The third-order valence-electron chi connectivity index (χ3n) is 5.38. The molecule has 0 spiro atoms. The summed E-state index contributed by atoms with van der Waals surface area (Å²) < 4.78 is 5.60. The Balaban J connectivity index is 1.53. The molecule has 6 nitrogen and oxygen atoms in total. The van der Waals surface area contributed by atoms with Gasteiger partial charge in [0.2, 0.25) is 5.91 Å². The topological polar surface area (TPSA) is 71.5 Å². The Kier molecular flexibility index (Phi) is 6.55. The summed E-state index contributed by atoms with van der Waals surface area (Å²) in [6, 6.07) is 13.4. The van der Waals surface area contributed by atoms with Gasteiger partial charge in [-0.2, -0.15) is 0 Å². The molecule has 0 saturated carbocycles.